The zero-order valence-corrected chi connectivity index (χ0v) is 20.6. The summed E-state index contributed by atoms with van der Waals surface area (Å²) in [4.78, 5) is 33.1. The first-order valence-corrected chi connectivity index (χ1v) is 11.5. The molecular formula is C24H16Br2N2O5. The van der Waals surface area contributed by atoms with Gasteiger partial charge in [0.05, 0.1) is 28.6 Å². The molecule has 0 saturated heterocycles. The van der Waals surface area contributed by atoms with Crippen molar-refractivity contribution < 1.29 is 19.1 Å². The Kier molecular flexibility index (Phi) is 5.25. The van der Waals surface area contributed by atoms with Crippen LogP contribution < -0.4 is 15.1 Å². The Hall–Kier alpha value is -3.17. The second kappa shape index (κ2) is 8.00. The van der Waals surface area contributed by atoms with Crippen molar-refractivity contribution in [2.45, 2.75) is 13.0 Å². The van der Waals surface area contributed by atoms with Crippen LogP contribution >= 0.6 is 31.9 Å². The van der Waals surface area contributed by atoms with Crippen LogP contribution in [-0.4, -0.2) is 23.1 Å². The Bertz CT molecular complexity index is 1500. The first-order valence-electron chi connectivity index (χ1n) is 9.89. The molecule has 1 aliphatic heterocycles. The SMILES string of the molecule is COc1cc(C2c3c(oc4ccc(Br)cc4c3=O)C(=O)N2c2ccc(C)cn2)cc(Br)c1O. The van der Waals surface area contributed by atoms with E-state index in [2.05, 4.69) is 36.8 Å². The van der Waals surface area contributed by atoms with Gasteiger partial charge in [0.25, 0.3) is 5.91 Å². The number of aromatic nitrogens is 1. The van der Waals surface area contributed by atoms with Gasteiger partial charge in [0.15, 0.2) is 16.9 Å². The summed E-state index contributed by atoms with van der Waals surface area (Å²) < 4.78 is 12.3. The zero-order chi connectivity index (χ0) is 23.4. The van der Waals surface area contributed by atoms with Crippen molar-refractivity contribution in [3.63, 3.8) is 0 Å². The summed E-state index contributed by atoms with van der Waals surface area (Å²) in [5.41, 5.74) is 1.68. The molecule has 3 heterocycles. The number of halogens is 2. The average molecular weight is 572 g/mol. The van der Waals surface area contributed by atoms with Gasteiger partial charge in [0.2, 0.25) is 5.76 Å². The maximum Gasteiger partial charge on any atom is 0.296 e. The number of aryl methyl sites for hydroxylation is 1. The van der Waals surface area contributed by atoms with Crippen LogP contribution in [0, 0.1) is 6.92 Å². The number of benzene rings is 2. The van der Waals surface area contributed by atoms with Crippen LogP contribution in [0.25, 0.3) is 11.0 Å². The number of carbonyl (C=O) groups is 1. The highest BCUT2D eigenvalue weighted by Crippen LogP contribution is 2.44. The third-order valence-corrected chi connectivity index (χ3v) is 6.66. The molecule has 1 amide bonds. The van der Waals surface area contributed by atoms with Gasteiger partial charge in [-0.3, -0.25) is 14.5 Å². The number of hydrogen-bond acceptors (Lipinski definition) is 6. The van der Waals surface area contributed by atoms with Crippen molar-refractivity contribution in [1.82, 2.24) is 4.98 Å². The number of amides is 1. The number of aromatic hydroxyl groups is 1. The lowest BCUT2D eigenvalue weighted by atomic mass is 9.98. The van der Waals surface area contributed by atoms with Crippen molar-refractivity contribution in [2.75, 3.05) is 12.0 Å². The number of nitrogens with zero attached hydrogens (tertiary/aromatic N) is 2. The highest BCUT2D eigenvalue weighted by molar-refractivity contribution is 9.10. The number of carbonyl (C=O) groups excluding carboxylic acids is 1. The molecule has 1 aliphatic rings. The molecule has 33 heavy (non-hydrogen) atoms. The van der Waals surface area contributed by atoms with Gasteiger partial charge in [0, 0.05) is 10.7 Å². The highest BCUT2D eigenvalue weighted by Gasteiger charge is 2.44. The smallest absolute Gasteiger partial charge is 0.296 e. The molecule has 0 bridgehead atoms. The van der Waals surface area contributed by atoms with Crippen LogP contribution in [0.1, 0.15) is 33.3 Å². The molecule has 0 aliphatic carbocycles. The molecule has 7 nitrogen and oxygen atoms in total. The summed E-state index contributed by atoms with van der Waals surface area (Å²) in [6.07, 6.45) is 1.65. The fraction of sp³-hybridized carbons (Fsp3) is 0.125. The van der Waals surface area contributed by atoms with E-state index < -0.39 is 11.9 Å². The fourth-order valence-electron chi connectivity index (χ4n) is 4.01. The minimum atomic E-state index is -0.840. The van der Waals surface area contributed by atoms with Gasteiger partial charge in [-0.2, -0.15) is 0 Å². The monoisotopic (exact) mass is 570 g/mol. The van der Waals surface area contributed by atoms with Crippen LogP contribution in [0.3, 0.4) is 0 Å². The summed E-state index contributed by atoms with van der Waals surface area (Å²) in [6, 6.07) is 11.0. The van der Waals surface area contributed by atoms with E-state index in [1.54, 1.807) is 42.6 Å². The molecule has 0 saturated carbocycles. The molecule has 0 fully saturated rings. The maximum atomic E-state index is 13.7. The summed E-state index contributed by atoms with van der Waals surface area (Å²) in [5, 5.41) is 10.7. The topological polar surface area (TPSA) is 92.9 Å². The van der Waals surface area contributed by atoms with Crippen LogP contribution in [0.15, 0.2) is 66.8 Å². The Morgan fingerprint density at radius 1 is 1.12 bits per heavy atom. The lowest BCUT2D eigenvalue weighted by Crippen LogP contribution is -2.30. The third kappa shape index (κ3) is 3.43. The Morgan fingerprint density at radius 2 is 1.91 bits per heavy atom. The van der Waals surface area contributed by atoms with E-state index in [9.17, 15) is 14.7 Å². The van der Waals surface area contributed by atoms with Gasteiger partial charge in [-0.15, -0.1) is 0 Å². The number of phenolic OH excluding ortho intramolecular Hbond substituents is 1. The predicted octanol–water partition coefficient (Wildman–Crippen LogP) is 5.49. The lowest BCUT2D eigenvalue weighted by molar-refractivity contribution is 0.0970. The zero-order valence-electron chi connectivity index (χ0n) is 17.4. The van der Waals surface area contributed by atoms with E-state index in [1.807, 2.05) is 13.0 Å². The number of hydrogen-bond donors (Lipinski definition) is 1. The lowest BCUT2D eigenvalue weighted by Gasteiger charge is -2.25. The second-order valence-electron chi connectivity index (χ2n) is 7.64. The van der Waals surface area contributed by atoms with E-state index >= 15 is 0 Å². The molecule has 4 aromatic rings. The van der Waals surface area contributed by atoms with Crippen LogP contribution in [0.2, 0.25) is 0 Å². The standard InChI is InChI=1S/C24H16Br2N2O5/c1-11-3-6-18(27-10-11)28-20(12-7-15(26)22(30)17(8-12)32-2)19-21(29)14-9-13(25)4-5-16(14)33-23(19)24(28)31/h3-10,20,30H,1-2H3. The van der Waals surface area contributed by atoms with E-state index in [1.165, 1.54) is 12.0 Å². The quantitative estimate of drug-likeness (QED) is 0.350. The maximum absolute atomic E-state index is 13.7. The number of methoxy groups -OCH3 is 1. The number of pyridine rings is 1. The molecule has 2 aromatic carbocycles. The normalized spacial score (nSPS) is 15.2. The van der Waals surface area contributed by atoms with E-state index in [4.69, 9.17) is 9.15 Å². The number of rotatable bonds is 3. The first kappa shape index (κ1) is 21.7. The number of ether oxygens (including phenoxy) is 1. The molecule has 1 unspecified atom stereocenters. The van der Waals surface area contributed by atoms with Gasteiger partial charge in [0.1, 0.15) is 11.4 Å². The van der Waals surface area contributed by atoms with Crippen LogP contribution in [0.4, 0.5) is 5.82 Å². The molecule has 0 radical (unpaired) electrons. The molecule has 0 spiro atoms. The first-order chi connectivity index (χ1) is 15.8. The van der Waals surface area contributed by atoms with Gasteiger partial charge in [-0.25, -0.2) is 4.98 Å². The minimum absolute atomic E-state index is 0.0367. The van der Waals surface area contributed by atoms with Crippen molar-refractivity contribution in [3.8, 4) is 11.5 Å². The van der Waals surface area contributed by atoms with E-state index in [0.717, 1.165) is 5.56 Å². The van der Waals surface area contributed by atoms with Gasteiger partial charge >= 0.3 is 0 Å². The molecule has 1 N–H and O–H groups in total. The average Bonchev–Trinajstić information content (AvgIpc) is 3.09. The molecular weight excluding hydrogens is 556 g/mol. The van der Waals surface area contributed by atoms with Crippen molar-refractivity contribution in [3.05, 3.63) is 90.3 Å². The largest absolute Gasteiger partial charge is 0.503 e. The highest BCUT2D eigenvalue weighted by atomic mass is 79.9. The number of phenols is 1. The predicted molar refractivity (Wildman–Crippen MR) is 130 cm³/mol. The summed E-state index contributed by atoms with van der Waals surface area (Å²) in [6.45, 7) is 1.90. The van der Waals surface area contributed by atoms with Gasteiger partial charge in [-0.1, -0.05) is 22.0 Å². The van der Waals surface area contributed by atoms with E-state index in [-0.39, 0.29) is 28.3 Å². The molecule has 2 aromatic heterocycles. The molecule has 9 heteroatoms. The number of anilines is 1. The Morgan fingerprint density at radius 3 is 2.61 bits per heavy atom. The molecule has 1 atom stereocenters. The van der Waals surface area contributed by atoms with Gasteiger partial charge < -0.3 is 14.3 Å². The Balaban J connectivity index is 1.84. The molecule has 5 rings (SSSR count). The second-order valence-corrected chi connectivity index (χ2v) is 9.41. The number of fused-ring (bicyclic) bond motifs is 2. The Labute approximate surface area is 204 Å². The van der Waals surface area contributed by atoms with Gasteiger partial charge in [-0.05, 0) is 70.4 Å². The third-order valence-electron chi connectivity index (χ3n) is 5.56. The molecule has 166 valence electrons. The van der Waals surface area contributed by atoms with Crippen LogP contribution in [-0.2, 0) is 0 Å². The minimum Gasteiger partial charge on any atom is -0.503 e. The summed E-state index contributed by atoms with van der Waals surface area (Å²) in [5.74, 6) is -0.0260. The van der Waals surface area contributed by atoms with Crippen molar-refractivity contribution >= 4 is 54.6 Å². The van der Waals surface area contributed by atoms with Crippen molar-refractivity contribution in [2.24, 2.45) is 0 Å². The van der Waals surface area contributed by atoms with E-state index in [0.29, 0.717) is 31.3 Å². The van der Waals surface area contributed by atoms with Crippen molar-refractivity contribution in [1.29, 1.82) is 0 Å². The summed E-state index contributed by atoms with van der Waals surface area (Å²) >= 11 is 6.73. The summed E-state index contributed by atoms with van der Waals surface area (Å²) in [7, 11) is 1.43. The fourth-order valence-corrected chi connectivity index (χ4v) is 4.83. The van der Waals surface area contributed by atoms with Crippen LogP contribution in [0.5, 0.6) is 11.5 Å².